The van der Waals surface area contributed by atoms with E-state index >= 15 is 0 Å². The Bertz CT molecular complexity index is 863. The first-order valence-corrected chi connectivity index (χ1v) is 9.90. The van der Waals surface area contributed by atoms with Crippen molar-refractivity contribution in [3.05, 3.63) is 59.7 Å². The standard InChI is InChI=1S/C20H26N2O3S/c1-20(2,3)16-8-12-18(13-9-16)26(24,25)21-17-10-6-15(7-11-17)14-19(23)22(4)5/h6-13,21H,14H2,1-5H3. The van der Waals surface area contributed by atoms with Crippen LogP contribution in [-0.2, 0) is 26.7 Å². The lowest BCUT2D eigenvalue weighted by Crippen LogP contribution is -2.23. The zero-order valence-corrected chi connectivity index (χ0v) is 16.7. The number of hydrogen-bond donors (Lipinski definition) is 1. The van der Waals surface area contributed by atoms with E-state index in [9.17, 15) is 13.2 Å². The molecule has 5 nitrogen and oxygen atoms in total. The van der Waals surface area contributed by atoms with Gasteiger partial charge in [0.05, 0.1) is 11.3 Å². The van der Waals surface area contributed by atoms with E-state index in [-0.39, 0.29) is 22.6 Å². The van der Waals surface area contributed by atoms with Gasteiger partial charge in [-0.25, -0.2) is 8.42 Å². The molecular formula is C20H26N2O3S. The molecule has 140 valence electrons. The quantitative estimate of drug-likeness (QED) is 0.872. The molecule has 0 bridgehead atoms. The molecule has 1 amide bonds. The van der Waals surface area contributed by atoms with Gasteiger partial charge in [0.2, 0.25) is 5.91 Å². The van der Waals surface area contributed by atoms with Crippen molar-refractivity contribution >= 4 is 21.6 Å². The number of benzene rings is 2. The van der Waals surface area contributed by atoms with Crippen molar-refractivity contribution in [3.8, 4) is 0 Å². The summed E-state index contributed by atoms with van der Waals surface area (Å²) in [6.45, 7) is 6.24. The predicted molar refractivity (Wildman–Crippen MR) is 105 cm³/mol. The summed E-state index contributed by atoms with van der Waals surface area (Å²) in [5.74, 6) is -0.00253. The lowest BCUT2D eigenvalue weighted by atomic mass is 9.87. The maximum atomic E-state index is 12.5. The van der Waals surface area contributed by atoms with Crippen molar-refractivity contribution in [1.82, 2.24) is 4.90 Å². The molecule has 0 heterocycles. The van der Waals surface area contributed by atoms with E-state index in [1.165, 1.54) is 4.90 Å². The smallest absolute Gasteiger partial charge is 0.261 e. The Kier molecular flexibility index (Phi) is 5.76. The number of hydrogen-bond acceptors (Lipinski definition) is 3. The fraction of sp³-hybridized carbons (Fsp3) is 0.350. The van der Waals surface area contributed by atoms with Crippen LogP contribution in [0.5, 0.6) is 0 Å². The Morgan fingerprint density at radius 1 is 0.962 bits per heavy atom. The van der Waals surface area contributed by atoms with Crippen LogP contribution in [0.3, 0.4) is 0 Å². The average molecular weight is 375 g/mol. The number of nitrogens with zero attached hydrogens (tertiary/aromatic N) is 1. The topological polar surface area (TPSA) is 66.5 Å². The number of nitrogens with one attached hydrogen (secondary N) is 1. The molecule has 0 aliphatic rings. The summed E-state index contributed by atoms with van der Waals surface area (Å²) in [6, 6.07) is 13.7. The van der Waals surface area contributed by atoms with Crippen LogP contribution in [-0.4, -0.2) is 33.3 Å². The summed E-state index contributed by atoms with van der Waals surface area (Å²) < 4.78 is 27.7. The molecule has 0 aliphatic heterocycles. The monoisotopic (exact) mass is 374 g/mol. The van der Waals surface area contributed by atoms with Gasteiger partial charge in [-0.1, -0.05) is 45.0 Å². The van der Waals surface area contributed by atoms with E-state index in [4.69, 9.17) is 0 Å². The first-order chi connectivity index (χ1) is 12.0. The molecule has 2 aromatic rings. The molecule has 0 spiro atoms. The van der Waals surface area contributed by atoms with Crippen LogP contribution in [0.15, 0.2) is 53.4 Å². The summed E-state index contributed by atoms with van der Waals surface area (Å²) in [4.78, 5) is 13.5. The summed E-state index contributed by atoms with van der Waals surface area (Å²) in [6.07, 6.45) is 0.286. The third kappa shape index (κ3) is 5.08. The van der Waals surface area contributed by atoms with Crippen molar-refractivity contribution in [2.45, 2.75) is 37.5 Å². The maximum absolute atomic E-state index is 12.5. The Hall–Kier alpha value is -2.34. The van der Waals surface area contributed by atoms with Gasteiger partial charge in [-0.3, -0.25) is 9.52 Å². The van der Waals surface area contributed by atoms with Crippen molar-refractivity contribution in [1.29, 1.82) is 0 Å². The van der Waals surface area contributed by atoms with Crippen LogP contribution in [0.1, 0.15) is 31.9 Å². The van der Waals surface area contributed by atoms with Crippen LogP contribution >= 0.6 is 0 Å². The van der Waals surface area contributed by atoms with Gasteiger partial charge in [0.15, 0.2) is 0 Å². The number of anilines is 1. The predicted octanol–water partition coefficient (Wildman–Crippen LogP) is 3.42. The number of sulfonamides is 1. The zero-order chi connectivity index (χ0) is 19.5. The number of likely N-dealkylation sites (N-methyl/N-ethyl adjacent to an activating group) is 1. The fourth-order valence-corrected chi connectivity index (χ4v) is 3.43. The Labute approximate surface area is 156 Å². The molecular weight excluding hydrogens is 348 g/mol. The van der Waals surface area contributed by atoms with Crippen LogP contribution in [0.2, 0.25) is 0 Å². The molecule has 0 fully saturated rings. The minimum absolute atomic E-state index is 0.00253. The second kappa shape index (κ2) is 7.50. The second-order valence-electron chi connectivity index (χ2n) is 7.54. The first kappa shape index (κ1) is 20.0. The molecule has 0 saturated carbocycles. The number of carbonyl (C=O) groups excluding carboxylic acids is 1. The van der Waals surface area contributed by atoms with E-state index in [0.717, 1.165) is 11.1 Å². The fourth-order valence-electron chi connectivity index (χ4n) is 2.37. The highest BCUT2D eigenvalue weighted by atomic mass is 32.2. The molecule has 0 saturated heterocycles. The van der Waals surface area contributed by atoms with E-state index in [1.807, 2.05) is 12.1 Å². The molecule has 6 heteroatoms. The third-order valence-corrected chi connectivity index (χ3v) is 5.49. The van der Waals surface area contributed by atoms with Gasteiger partial charge in [-0.15, -0.1) is 0 Å². The molecule has 0 radical (unpaired) electrons. The van der Waals surface area contributed by atoms with E-state index < -0.39 is 10.0 Å². The largest absolute Gasteiger partial charge is 0.349 e. The van der Waals surface area contributed by atoms with Crippen LogP contribution in [0.25, 0.3) is 0 Å². The summed E-state index contributed by atoms with van der Waals surface area (Å²) in [5.41, 5.74) is 2.34. The molecule has 0 aliphatic carbocycles. The highest BCUT2D eigenvalue weighted by molar-refractivity contribution is 7.92. The normalized spacial score (nSPS) is 11.9. The van der Waals surface area contributed by atoms with E-state index in [0.29, 0.717) is 5.69 Å². The van der Waals surface area contributed by atoms with E-state index in [2.05, 4.69) is 25.5 Å². The molecule has 1 N–H and O–H groups in total. The highest BCUT2D eigenvalue weighted by Crippen LogP contribution is 2.24. The lowest BCUT2D eigenvalue weighted by molar-refractivity contribution is -0.127. The van der Waals surface area contributed by atoms with Crippen LogP contribution < -0.4 is 4.72 Å². The third-order valence-electron chi connectivity index (χ3n) is 4.09. The number of amides is 1. The summed E-state index contributed by atoms with van der Waals surface area (Å²) in [7, 11) is -0.242. The maximum Gasteiger partial charge on any atom is 0.261 e. The molecule has 0 atom stereocenters. The van der Waals surface area contributed by atoms with Gasteiger partial charge in [0.1, 0.15) is 0 Å². The Morgan fingerprint density at radius 2 is 1.50 bits per heavy atom. The van der Waals surface area contributed by atoms with Crippen LogP contribution in [0.4, 0.5) is 5.69 Å². The minimum atomic E-state index is -3.65. The molecule has 0 unspecified atom stereocenters. The van der Waals surface area contributed by atoms with Gasteiger partial charge in [0, 0.05) is 19.8 Å². The SMILES string of the molecule is CN(C)C(=O)Cc1ccc(NS(=O)(=O)c2ccc(C(C)(C)C)cc2)cc1. The first-order valence-electron chi connectivity index (χ1n) is 8.41. The Balaban J connectivity index is 2.13. The van der Waals surface area contributed by atoms with Crippen LogP contribution in [0, 0.1) is 0 Å². The van der Waals surface area contributed by atoms with Crippen molar-refractivity contribution in [3.63, 3.8) is 0 Å². The molecule has 2 aromatic carbocycles. The van der Waals surface area contributed by atoms with Crippen molar-refractivity contribution < 1.29 is 13.2 Å². The molecule has 26 heavy (non-hydrogen) atoms. The van der Waals surface area contributed by atoms with Gasteiger partial charge >= 0.3 is 0 Å². The van der Waals surface area contributed by atoms with Crippen molar-refractivity contribution in [2.75, 3.05) is 18.8 Å². The number of carbonyl (C=O) groups is 1. The highest BCUT2D eigenvalue weighted by Gasteiger charge is 2.17. The lowest BCUT2D eigenvalue weighted by Gasteiger charge is -2.19. The van der Waals surface area contributed by atoms with Gasteiger partial charge < -0.3 is 4.90 Å². The van der Waals surface area contributed by atoms with Crippen molar-refractivity contribution in [2.24, 2.45) is 0 Å². The van der Waals surface area contributed by atoms with E-state index in [1.54, 1.807) is 50.5 Å². The number of rotatable bonds is 5. The summed E-state index contributed by atoms with van der Waals surface area (Å²) in [5, 5.41) is 0. The molecule has 2 rings (SSSR count). The van der Waals surface area contributed by atoms with Gasteiger partial charge in [-0.2, -0.15) is 0 Å². The Morgan fingerprint density at radius 3 is 1.96 bits per heavy atom. The molecule has 0 aromatic heterocycles. The summed E-state index contributed by atoms with van der Waals surface area (Å²) >= 11 is 0. The van der Waals surface area contributed by atoms with Gasteiger partial charge in [-0.05, 0) is 40.8 Å². The average Bonchev–Trinajstić information content (AvgIpc) is 2.55. The zero-order valence-electron chi connectivity index (χ0n) is 15.9. The minimum Gasteiger partial charge on any atom is -0.349 e. The second-order valence-corrected chi connectivity index (χ2v) is 9.22. The van der Waals surface area contributed by atoms with Gasteiger partial charge in [0.25, 0.3) is 10.0 Å².